The minimum atomic E-state index is 0.482. The first-order valence-corrected chi connectivity index (χ1v) is 7.74. The van der Waals surface area contributed by atoms with Gasteiger partial charge in [0.1, 0.15) is 16.5 Å². The quantitative estimate of drug-likeness (QED) is 0.852. The number of aromatic nitrogens is 2. The van der Waals surface area contributed by atoms with Crippen LogP contribution in [0.4, 0.5) is 0 Å². The minimum absolute atomic E-state index is 0.482. The summed E-state index contributed by atoms with van der Waals surface area (Å²) >= 11 is 1.59. The van der Waals surface area contributed by atoms with Gasteiger partial charge in [-0.2, -0.15) is 0 Å². The number of hydrogen-bond acceptors (Lipinski definition) is 6. The summed E-state index contributed by atoms with van der Waals surface area (Å²) in [6, 6.07) is 6.16. The molecule has 0 aliphatic heterocycles. The highest BCUT2D eigenvalue weighted by Crippen LogP contribution is 2.35. The molecule has 0 aliphatic carbocycles. The third-order valence-corrected chi connectivity index (χ3v) is 4.01. The molecule has 0 aliphatic rings. The summed E-state index contributed by atoms with van der Waals surface area (Å²) in [5, 5.41) is 13.8. The monoisotopic (exact) mass is 307 g/mol. The van der Waals surface area contributed by atoms with Gasteiger partial charge in [-0.15, -0.1) is 10.2 Å². The van der Waals surface area contributed by atoms with Crippen LogP contribution in [0.15, 0.2) is 18.2 Å². The molecule has 0 saturated heterocycles. The first-order valence-electron chi connectivity index (χ1n) is 6.92. The van der Waals surface area contributed by atoms with Crippen LogP contribution in [0.25, 0.3) is 10.6 Å². The lowest BCUT2D eigenvalue weighted by Gasteiger charge is -2.07. The van der Waals surface area contributed by atoms with Gasteiger partial charge in [0.15, 0.2) is 5.01 Å². The van der Waals surface area contributed by atoms with E-state index in [1.54, 1.807) is 25.6 Å². The van der Waals surface area contributed by atoms with Gasteiger partial charge in [0.05, 0.1) is 19.8 Å². The lowest BCUT2D eigenvalue weighted by atomic mass is 10.2. The van der Waals surface area contributed by atoms with Gasteiger partial charge in [0, 0.05) is 19.0 Å². The highest BCUT2D eigenvalue weighted by atomic mass is 32.1. The van der Waals surface area contributed by atoms with Gasteiger partial charge in [-0.05, 0) is 18.2 Å². The second-order valence-electron chi connectivity index (χ2n) is 4.93. The molecule has 1 aromatic carbocycles. The van der Waals surface area contributed by atoms with Crippen molar-refractivity contribution < 1.29 is 9.47 Å². The highest BCUT2D eigenvalue weighted by molar-refractivity contribution is 7.14. The Morgan fingerprint density at radius 3 is 2.67 bits per heavy atom. The maximum absolute atomic E-state index is 5.39. The average Bonchev–Trinajstić information content (AvgIpc) is 2.95. The van der Waals surface area contributed by atoms with E-state index in [1.807, 2.05) is 18.2 Å². The zero-order chi connectivity index (χ0) is 15.2. The molecule has 0 radical (unpaired) electrons. The van der Waals surface area contributed by atoms with Crippen molar-refractivity contribution >= 4 is 11.3 Å². The Balaban J connectivity index is 2.16. The Hall–Kier alpha value is -1.66. The van der Waals surface area contributed by atoms with E-state index in [0.717, 1.165) is 40.0 Å². The Labute approximate surface area is 129 Å². The van der Waals surface area contributed by atoms with Crippen LogP contribution >= 0.6 is 11.3 Å². The maximum Gasteiger partial charge on any atom is 0.151 e. The van der Waals surface area contributed by atoms with Crippen molar-refractivity contribution in [3.05, 3.63) is 23.2 Å². The SMILES string of the molecule is COc1ccc(OC)c(-c2nnc(CCNC(C)C)s2)c1. The predicted molar refractivity (Wildman–Crippen MR) is 85.3 cm³/mol. The molecule has 0 fully saturated rings. The number of rotatable bonds is 7. The van der Waals surface area contributed by atoms with Crippen LogP contribution in [0.1, 0.15) is 18.9 Å². The molecule has 2 aromatic rings. The predicted octanol–water partition coefficient (Wildman–Crippen LogP) is 2.76. The van der Waals surface area contributed by atoms with Crippen molar-refractivity contribution in [1.82, 2.24) is 15.5 Å². The molecule has 0 bridgehead atoms. The van der Waals surface area contributed by atoms with Gasteiger partial charge in [-0.25, -0.2) is 0 Å². The summed E-state index contributed by atoms with van der Waals surface area (Å²) in [7, 11) is 3.30. The van der Waals surface area contributed by atoms with Crippen LogP contribution < -0.4 is 14.8 Å². The van der Waals surface area contributed by atoms with E-state index in [1.165, 1.54) is 0 Å². The van der Waals surface area contributed by atoms with Gasteiger partial charge in [-0.3, -0.25) is 0 Å². The third kappa shape index (κ3) is 4.15. The number of nitrogens with one attached hydrogen (secondary N) is 1. The van der Waals surface area contributed by atoms with Crippen molar-refractivity contribution in [2.24, 2.45) is 0 Å². The van der Waals surface area contributed by atoms with E-state index in [-0.39, 0.29) is 0 Å². The first kappa shape index (κ1) is 15.7. The minimum Gasteiger partial charge on any atom is -0.497 e. The lowest BCUT2D eigenvalue weighted by Crippen LogP contribution is -2.24. The maximum atomic E-state index is 5.39. The van der Waals surface area contributed by atoms with Crippen molar-refractivity contribution in [3.63, 3.8) is 0 Å². The van der Waals surface area contributed by atoms with Gasteiger partial charge in [0.25, 0.3) is 0 Å². The molecule has 114 valence electrons. The molecule has 0 amide bonds. The van der Waals surface area contributed by atoms with Crippen molar-refractivity contribution in [2.75, 3.05) is 20.8 Å². The molecule has 21 heavy (non-hydrogen) atoms. The van der Waals surface area contributed by atoms with Crippen LogP contribution in [0.5, 0.6) is 11.5 Å². The normalized spacial score (nSPS) is 10.9. The largest absolute Gasteiger partial charge is 0.497 e. The number of nitrogens with zero attached hydrogens (tertiary/aromatic N) is 2. The fourth-order valence-electron chi connectivity index (χ4n) is 1.91. The molecule has 1 N–H and O–H groups in total. The molecular weight excluding hydrogens is 286 g/mol. The average molecular weight is 307 g/mol. The Morgan fingerprint density at radius 1 is 1.19 bits per heavy atom. The standard InChI is InChI=1S/C15H21N3O2S/c1-10(2)16-8-7-14-17-18-15(21-14)12-9-11(19-3)5-6-13(12)20-4/h5-6,9-10,16H,7-8H2,1-4H3. The highest BCUT2D eigenvalue weighted by Gasteiger charge is 2.13. The second-order valence-corrected chi connectivity index (χ2v) is 5.99. The Kier molecular flexibility index (Phi) is 5.52. The summed E-state index contributed by atoms with van der Waals surface area (Å²) in [5.41, 5.74) is 0.914. The van der Waals surface area contributed by atoms with Gasteiger partial charge in [-0.1, -0.05) is 25.2 Å². The van der Waals surface area contributed by atoms with Gasteiger partial charge in [0.2, 0.25) is 0 Å². The summed E-state index contributed by atoms with van der Waals surface area (Å²) in [6.07, 6.45) is 0.877. The number of methoxy groups -OCH3 is 2. The lowest BCUT2D eigenvalue weighted by molar-refractivity contribution is 0.404. The molecular formula is C15H21N3O2S. The van der Waals surface area contributed by atoms with Crippen LogP contribution in [0.3, 0.4) is 0 Å². The smallest absolute Gasteiger partial charge is 0.151 e. The zero-order valence-corrected chi connectivity index (χ0v) is 13.7. The topological polar surface area (TPSA) is 56.3 Å². The molecule has 0 spiro atoms. The zero-order valence-electron chi connectivity index (χ0n) is 12.8. The molecule has 2 rings (SSSR count). The van der Waals surface area contributed by atoms with E-state index in [9.17, 15) is 0 Å². The molecule has 1 aromatic heterocycles. The summed E-state index contributed by atoms with van der Waals surface area (Å²) in [5.74, 6) is 1.56. The molecule has 5 nitrogen and oxygen atoms in total. The molecule has 6 heteroatoms. The van der Waals surface area contributed by atoms with Gasteiger partial charge >= 0.3 is 0 Å². The van der Waals surface area contributed by atoms with Gasteiger partial charge < -0.3 is 14.8 Å². The van der Waals surface area contributed by atoms with E-state index >= 15 is 0 Å². The Morgan fingerprint density at radius 2 is 2.00 bits per heavy atom. The number of benzene rings is 1. The van der Waals surface area contributed by atoms with Crippen molar-refractivity contribution in [3.8, 4) is 22.1 Å². The fraction of sp³-hybridized carbons (Fsp3) is 0.467. The van der Waals surface area contributed by atoms with Crippen molar-refractivity contribution in [2.45, 2.75) is 26.3 Å². The van der Waals surface area contributed by atoms with Crippen LogP contribution in [-0.2, 0) is 6.42 Å². The fourth-order valence-corrected chi connectivity index (χ4v) is 2.77. The molecule has 1 heterocycles. The van der Waals surface area contributed by atoms with Crippen LogP contribution in [0, 0.1) is 0 Å². The number of ether oxygens (including phenoxy) is 2. The number of hydrogen-bond donors (Lipinski definition) is 1. The van der Waals surface area contributed by atoms with E-state index in [0.29, 0.717) is 6.04 Å². The van der Waals surface area contributed by atoms with E-state index in [4.69, 9.17) is 9.47 Å². The van der Waals surface area contributed by atoms with Crippen LogP contribution in [-0.4, -0.2) is 37.0 Å². The van der Waals surface area contributed by atoms with Crippen LogP contribution in [0.2, 0.25) is 0 Å². The summed E-state index contributed by atoms with van der Waals surface area (Å²) < 4.78 is 10.7. The van der Waals surface area contributed by atoms with E-state index in [2.05, 4.69) is 29.4 Å². The third-order valence-electron chi connectivity index (χ3n) is 3.00. The summed E-state index contributed by atoms with van der Waals surface area (Å²) in [6.45, 7) is 5.17. The summed E-state index contributed by atoms with van der Waals surface area (Å²) in [4.78, 5) is 0. The van der Waals surface area contributed by atoms with Crippen molar-refractivity contribution in [1.29, 1.82) is 0 Å². The molecule has 0 atom stereocenters. The van der Waals surface area contributed by atoms with E-state index < -0.39 is 0 Å². The first-order chi connectivity index (χ1) is 10.1. The Bertz CT molecular complexity index is 584. The second kappa shape index (κ2) is 7.38. The molecule has 0 unspecified atom stereocenters. The molecule has 0 saturated carbocycles.